The molecule has 222 valence electrons. The van der Waals surface area contributed by atoms with Crippen molar-refractivity contribution in [1.82, 2.24) is 0 Å². The number of carbonyl (C=O) groups excluding carboxylic acids is 1. The third kappa shape index (κ3) is 19.7. The average Bonchev–Trinajstić information content (AvgIpc) is 2.86. The van der Waals surface area contributed by atoms with Crippen molar-refractivity contribution in [1.29, 1.82) is 0 Å². The van der Waals surface area contributed by atoms with Gasteiger partial charge in [-0.15, -0.1) is 0 Å². The molecular formula is C35H64O3. The molecule has 0 aromatic heterocycles. The van der Waals surface area contributed by atoms with Gasteiger partial charge >= 0.3 is 5.97 Å². The van der Waals surface area contributed by atoms with E-state index in [-0.39, 0.29) is 11.8 Å². The van der Waals surface area contributed by atoms with Gasteiger partial charge in [-0.3, -0.25) is 0 Å². The smallest absolute Gasteiger partial charge is 0.301 e. The highest BCUT2D eigenvalue weighted by atomic mass is 17.1. The van der Waals surface area contributed by atoms with Crippen LogP contribution in [0, 0.1) is 11.3 Å². The molecule has 0 bridgehead atoms. The highest BCUT2D eigenvalue weighted by molar-refractivity contribution is 5.68. The van der Waals surface area contributed by atoms with E-state index in [1.54, 1.807) is 0 Å². The van der Waals surface area contributed by atoms with E-state index < -0.39 is 5.97 Å². The maximum atomic E-state index is 10.8. The molecule has 1 rings (SSSR count). The van der Waals surface area contributed by atoms with Gasteiger partial charge in [0.05, 0.1) is 6.42 Å². The fourth-order valence-electron chi connectivity index (χ4n) is 5.00. The second-order valence-electron chi connectivity index (χ2n) is 13.4. The van der Waals surface area contributed by atoms with Gasteiger partial charge in [0, 0.05) is 0 Å². The number of hydrogen-bond donors (Lipinski definition) is 1. The van der Waals surface area contributed by atoms with E-state index in [9.17, 15) is 4.79 Å². The Bertz CT molecular complexity index is 696. The molecule has 0 aliphatic heterocycles. The van der Waals surface area contributed by atoms with Crippen LogP contribution in [-0.2, 0) is 21.5 Å². The van der Waals surface area contributed by atoms with Gasteiger partial charge in [0.1, 0.15) is 0 Å². The second-order valence-corrected chi connectivity index (χ2v) is 13.4. The van der Waals surface area contributed by atoms with Crippen molar-refractivity contribution in [2.45, 2.75) is 170 Å². The van der Waals surface area contributed by atoms with E-state index in [0.29, 0.717) is 11.8 Å². The Balaban J connectivity index is 0.000000755. The summed E-state index contributed by atoms with van der Waals surface area (Å²) in [6, 6.07) is 8.12. The molecule has 1 N–H and O–H groups in total. The van der Waals surface area contributed by atoms with Crippen molar-refractivity contribution in [3.8, 4) is 0 Å². The maximum Gasteiger partial charge on any atom is 0.342 e. The molecule has 0 spiro atoms. The third-order valence-electron chi connectivity index (χ3n) is 7.80. The summed E-state index contributed by atoms with van der Waals surface area (Å²) in [6.45, 7) is 18.4. The highest BCUT2D eigenvalue weighted by Crippen LogP contribution is 2.34. The Morgan fingerprint density at radius 3 is 1.74 bits per heavy atom. The first-order valence-corrected chi connectivity index (χ1v) is 15.9. The molecule has 0 heterocycles. The average molecular weight is 533 g/mol. The molecule has 0 saturated carbocycles. The monoisotopic (exact) mass is 532 g/mol. The van der Waals surface area contributed by atoms with Crippen molar-refractivity contribution >= 4 is 5.97 Å². The zero-order chi connectivity index (χ0) is 28.9. The molecule has 1 atom stereocenters. The van der Waals surface area contributed by atoms with Crippen LogP contribution in [0.5, 0.6) is 0 Å². The van der Waals surface area contributed by atoms with Crippen molar-refractivity contribution in [3.05, 3.63) is 35.4 Å². The number of carbonyl (C=O) groups is 1. The first kappa shape index (κ1) is 36.6. The van der Waals surface area contributed by atoms with Crippen LogP contribution in [0.25, 0.3) is 0 Å². The van der Waals surface area contributed by atoms with E-state index in [0.717, 1.165) is 11.5 Å². The predicted octanol–water partition coefficient (Wildman–Crippen LogP) is 11.5. The second kappa shape index (κ2) is 21.5. The molecule has 1 aromatic rings. The number of benzene rings is 1. The van der Waals surface area contributed by atoms with E-state index in [1.807, 2.05) is 12.1 Å². The van der Waals surface area contributed by atoms with Crippen molar-refractivity contribution < 1.29 is 14.9 Å². The molecule has 38 heavy (non-hydrogen) atoms. The Labute approximate surface area is 237 Å². The summed E-state index contributed by atoms with van der Waals surface area (Å²) in [5.74, 6) is 0.340. The Morgan fingerprint density at radius 1 is 0.763 bits per heavy atom. The lowest BCUT2D eigenvalue weighted by Crippen LogP contribution is -2.20. The quantitative estimate of drug-likeness (QED) is 0.116. The molecule has 0 aliphatic rings. The molecule has 0 fully saturated rings. The van der Waals surface area contributed by atoms with Gasteiger partial charge < -0.3 is 4.89 Å². The topological polar surface area (TPSA) is 46.5 Å². The molecule has 1 aromatic carbocycles. The summed E-state index contributed by atoms with van der Waals surface area (Å²) in [7, 11) is 0. The van der Waals surface area contributed by atoms with E-state index >= 15 is 0 Å². The first-order chi connectivity index (χ1) is 18.0. The Kier molecular flexibility index (Phi) is 20.7. The summed E-state index contributed by atoms with van der Waals surface area (Å²) < 4.78 is 0. The van der Waals surface area contributed by atoms with E-state index in [1.165, 1.54) is 102 Å². The van der Waals surface area contributed by atoms with Crippen molar-refractivity contribution in [2.75, 3.05) is 0 Å². The highest BCUT2D eigenvalue weighted by Gasteiger charge is 2.23. The van der Waals surface area contributed by atoms with Gasteiger partial charge in [0.25, 0.3) is 0 Å². The first-order valence-electron chi connectivity index (χ1n) is 15.9. The lowest BCUT2D eigenvalue weighted by atomic mass is 9.75. The summed E-state index contributed by atoms with van der Waals surface area (Å²) in [4.78, 5) is 14.4. The molecule has 3 heteroatoms. The van der Waals surface area contributed by atoms with Gasteiger partial charge in [0.15, 0.2) is 0 Å². The van der Waals surface area contributed by atoms with Crippen LogP contribution in [0.2, 0.25) is 0 Å². The van der Waals surface area contributed by atoms with E-state index in [2.05, 4.69) is 72.4 Å². The predicted molar refractivity (Wildman–Crippen MR) is 166 cm³/mol. The van der Waals surface area contributed by atoms with Crippen LogP contribution < -0.4 is 0 Å². The minimum atomic E-state index is -0.596. The van der Waals surface area contributed by atoms with Gasteiger partial charge in [-0.2, -0.15) is 5.26 Å². The Hall–Kier alpha value is -1.35. The third-order valence-corrected chi connectivity index (χ3v) is 7.80. The maximum absolute atomic E-state index is 10.8. The summed E-state index contributed by atoms with van der Waals surface area (Å²) in [6.07, 6.45) is 22.5. The van der Waals surface area contributed by atoms with Gasteiger partial charge in [-0.25, -0.2) is 4.79 Å². The molecule has 0 amide bonds. The number of unbranched alkanes of at least 4 members (excludes halogenated alkanes) is 11. The zero-order valence-corrected chi connectivity index (χ0v) is 26.7. The molecule has 0 saturated heterocycles. The zero-order valence-electron chi connectivity index (χ0n) is 26.7. The van der Waals surface area contributed by atoms with Gasteiger partial charge in [0.2, 0.25) is 0 Å². The van der Waals surface area contributed by atoms with Crippen LogP contribution in [0.15, 0.2) is 24.3 Å². The normalized spacial score (nSPS) is 12.6. The molecule has 0 aliphatic carbocycles. The lowest BCUT2D eigenvalue weighted by molar-refractivity contribution is -0.234. The van der Waals surface area contributed by atoms with Crippen molar-refractivity contribution in [3.63, 3.8) is 0 Å². The number of hydrogen-bond acceptors (Lipinski definition) is 3. The molecule has 3 nitrogen and oxygen atoms in total. The van der Waals surface area contributed by atoms with Crippen LogP contribution >= 0.6 is 0 Å². The number of aryl methyl sites for hydroxylation is 1. The fourth-order valence-corrected chi connectivity index (χ4v) is 5.00. The summed E-state index contributed by atoms with van der Waals surface area (Å²) in [5.41, 5.74) is 2.93. The van der Waals surface area contributed by atoms with Crippen LogP contribution in [-0.4, -0.2) is 11.2 Å². The SMILES string of the molecule is CC(C)(C)c1cccc(CCC(=O)OO)c1.CCCCCCCCCCCCCC(CCCC)C(C)(C)C. The molecule has 0 radical (unpaired) electrons. The molecular weight excluding hydrogens is 468 g/mol. The number of rotatable bonds is 18. The van der Waals surface area contributed by atoms with Crippen molar-refractivity contribution in [2.24, 2.45) is 11.3 Å². The van der Waals surface area contributed by atoms with Crippen LogP contribution in [0.1, 0.15) is 169 Å². The lowest BCUT2D eigenvalue weighted by Gasteiger charge is -2.31. The molecule has 1 unspecified atom stereocenters. The van der Waals surface area contributed by atoms with Gasteiger partial charge in [-0.05, 0) is 47.1 Å². The van der Waals surface area contributed by atoms with Crippen LogP contribution in [0.4, 0.5) is 0 Å². The van der Waals surface area contributed by atoms with Gasteiger partial charge in [-0.1, -0.05) is 163 Å². The minimum Gasteiger partial charge on any atom is -0.301 e. The largest absolute Gasteiger partial charge is 0.342 e. The summed E-state index contributed by atoms with van der Waals surface area (Å²) in [5, 5.41) is 8.15. The summed E-state index contributed by atoms with van der Waals surface area (Å²) >= 11 is 0. The van der Waals surface area contributed by atoms with E-state index in [4.69, 9.17) is 5.26 Å². The standard InChI is InChI=1S/C22H46.C13H18O3/c1-6-8-10-11-12-13-14-15-16-17-18-20-21(19-9-7-2)22(3,4)5;1-13(2,3)11-6-4-5-10(9-11)7-8-12(14)16-15/h21H,6-20H2,1-5H3;4-6,9,15H,7-8H2,1-3H3. The minimum absolute atomic E-state index is 0.105. The van der Waals surface area contributed by atoms with Crippen LogP contribution in [0.3, 0.4) is 0 Å². The Morgan fingerprint density at radius 2 is 1.26 bits per heavy atom. The fraction of sp³-hybridized carbons (Fsp3) is 0.800.